The highest BCUT2D eigenvalue weighted by molar-refractivity contribution is 5.93. The van der Waals surface area contributed by atoms with Crippen molar-refractivity contribution in [3.8, 4) is 11.8 Å². The Morgan fingerprint density at radius 1 is 1.15 bits per heavy atom. The van der Waals surface area contributed by atoms with Gasteiger partial charge in [0.1, 0.15) is 12.2 Å². The van der Waals surface area contributed by atoms with Gasteiger partial charge in [-0.2, -0.15) is 5.26 Å². The second-order valence-corrected chi connectivity index (χ2v) is 5.36. The van der Waals surface area contributed by atoms with Crippen molar-refractivity contribution >= 4 is 23.6 Å². The largest absolute Gasteiger partial charge is 0.497 e. The summed E-state index contributed by atoms with van der Waals surface area (Å²) in [6.07, 6.45) is 2.93. The highest BCUT2D eigenvalue weighted by Crippen LogP contribution is 2.15. The quantitative estimate of drug-likeness (QED) is 0.752. The highest BCUT2D eigenvalue weighted by Gasteiger charge is 2.06. The molecule has 0 heterocycles. The molecule has 2 rings (SSSR count). The molecule has 0 saturated heterocycles. The zero-order valence-corrected chi connectivity index (χ0v) is 14.4. The molecular weight excluding hydrogens is 330 g/mol. The molecule has 0 bridgehead atoms. The molecule has 2 amide bonds. The van der Waals surface area contributed by atoms with Gasteiger partial charge in [0.2, 0.25) is 11.8 Å². The minimum absolute atomic E-state index is 0.217. The van der Waals surface area contributed by atoms with Crippen LogP contribution in [0.1, 0.15) is 17.5 Å². The molecule has 2 N–H and O–H groups in total. The maximum atomic E-state index is 12.0. The Morgan fingerprint density at radius 3 is 2.58 bits per heavy atom. The van der Waals surface area contributed by atoms with Gasteiger partial charge in [-0.15, -0.1) is 0 Å². The smallest absolute Gasteiger partial charge is 0.244 e. The maximum absolute atomic E-state index is 12.0. The van der Waals surface area contributed by atoms with Gasteiger partial charge >= 0.3 is 0 Å². The number of benzene rings is 2. The van der Waals surface area contributed by atoms with Crippen LogP contribution >= 0.6 is 0 Å². The summed E-state index contributed by atoms with van der Waals surface area (Å²) in [5.74, 6) is 0.117. The number of para-hydroxylation sites is 1. The number of hydrogen-bond acceptors (Lipinski definition) is 4. The molecule has 0 aliphatic carbocycles. The summed E-state index contributed by atoms with van der Waals surface area (Å²) in [5.41, 5.74) is 2.21. The summed E-state index contributed by atoms with van der Waals surface area (Å²) in [7, 11) is 1.60. The Morgan fingerprint density at radius 2 is 1.88 bits per heavy atom. The van der Waals surface area contributed by atoms with Gasteiger partial charge in [-0.05, 0) is 35.4 Å². The van der Waals surface area contributed by atoms with Crippen LogP contribution in [0.2, 0.25) is 0 Å². The van der Waals surface area contributed by atoms with Crippen molar-refractivity contribution in [3.63, 3.8) is 0 Å². The Hall–Kier alpha value is -3.59. The number of ether oxygens (including phenoxy) is 1. The molecule has 0 unspecified atom stereocenters. The Kier molecular flexibility index (Phi) is 6.95. The van der Waals surface area contributed by atoms with Gasteiger partial charge in [-0.3, -0.25) is 9.59 Å². The van der Waals surface area contributed by atoms with E-state index in [0.29, 0.717) is 5.69 Å². The van der Waals surface area contributed by atoms with Crippen LogP contribution in [0.15, 0.2) is 54.6 Å². The second kappa shape index (κ2) is 9.64. The average Bonchev–Trinajstić information content (AvgIpc) is 2.66. The normalized spacial score (nSPS) is 10.2. The van der Waals surface area contributed by atoms with Crippen LogP contribution in [-0.4, -0.2) is 18.9 Å². The van der Waals surface area contributed by atoms with Crippen LogP contribution in [-0.2, 0) is 16.1 Å². The summed E-state index contributed by atoms with van der Waals surface area (Å²) < 4.78 is 5.09. The van der Waals surface area contributed by atoms with Crippen LogP contribution < -0.4 is 15.4 Å². The molecular formula is C20H19N3O3. The van der Waals surface area contributed by atoms with E-state index >= 15 is 0 Å². The summed E-state index contributed by atoms with van der Waals surface area (Å²) in [5, 5.41) is 14.0. The van der Waals surface area contributed by atoms with Crippen molar-refractivity contribution in [2.45, 2.75) is 13.0 Å². The number of hydrogen-bond donors (Lipinski definition) is 2. The number of carbonyl (C=O) groups excluding carboxylic acids is 2. The van der Waals surface area contributed by atoms with Crippen molar-refractivity contribution in [2.75, 3.05) is 12.4 Å². The topological polar surface area (TPSA) is 91.2 Å². The fourth-order valence-electron chi connectivity index (χ4n) is 2.19. The second-order valence-electron chi connectivity index (χ2n) is 5.36. The van der Waals surface area contributed by atoms with Crippen molar-refractivity contribution in [2.24, 2.45) is 0 Å². The van der Waals surface area contributed by atoms with Crippen LogP contribution in [0.3, 0.4) is 0 Å². The van der Waals surface area contributed by atoms with E-state index in [-0.39, 0.29) is 24.8 Å². The molecule has 6 heteroatoms. The minimum Gasteiger partial charge on any atom is -0.497 e. The minimum atomic E-state index is -0.384. The number of nitrogens with one attached hydrogen (secondary N) is 2. The average molecular weight is 349 g/mol. The molecule has 26 heavy (non-hydrogen) atoms. The fourth-order valence-corrected chi connectivity index (χ4v) is 2.19. The maximum Gasteiger partial charge on any atom is 0.244 e. The van der Waals surface area contributed by atoms with Crippen LogP contribution in [0, 0.1) is 11.3 Å². The molecule has 0 fully saturated rings. The van der Waals surface area contributed by atoms with E-state index in [1.54, 1.807) is 37.5 Å². The monoisotopic (exact) mass is 349 g/mol. The van der Waals surface area contributed by atoms with E-state index in [1.807, 2.05) is 30.3 Å². The number of amides is 2. The number of carbonyl (C=O) groups is 2. The third kappa shape index (κ3) is 5.80. The van der Waals surface area contributed by atoms with Crippen molar-refractivity contribution < 1.29 is 14.3 Å². The van der Waals surface area contributed by atoms with Crippen molar-refractivity contribution in [1.29, 1.82) is 5.26 Å². The van der Waals surface area contributed by atoms with Gasteiger partial charge < -0.3 is 15.4 Å². The highest BCUT2D eigenvalue weighted by atomic mass is 16.5. The molecule has 6 nitrogen and oxygen atoms in total. The van der Waals surface area contributed by atoms with E-state index in [1.165, 1.54) is 6.08 Å². The van der Waals surface area contributed by atoms with Crippen LogP contribution in [0.25, 0.3) is 6.08 Å². The molecule has 0 saturated carbocycles. The molecule has 0 spiro atoms. The standard InChI is InChI=1S/C20H19N3O3/c1-26-17-9-6-15(7-10-17)8-11-19(24)22-14-16-4-2-3-5-18(16)23-20(25)12-13-21/h2-11H,12,14H2,1H3,(H,22,24)(H,23,25)/b11-8+. The lowest BCUT2D eigenvalue weighted by molar-refractivity contribution is -0.116. The summed E-state index contributed by atoms with van der Waals surface area (Å²) in [4.78, 5) is 23.6. The molecule has 2 aromatic rings. The molecule has 0 atom stereocenters. The van der Waals surface area contributed by atoms with Crippen molar-refractivity contribution in [1.82, 2.24) is 5.32 Å². The molecule has 0 aliphatic heterocycles. The lowest BCUT2D eigenvalue weighted by Gasteiger charge is -2.10. The first-order valence-corrected chi connectivity index (χ1v) is 7.97. The zero-order valence-electron chi connectivity index (χ0n) is 14.4. The SMILES string of the molecule is COc1ccc(/C=C/C(=O)NCc2ccccc2NC(=O)CC#N)cc1. The number of anilines is 1. The lowest BCUT2D eigenvalue weighted by Crippen LogP contribution is -2.21. The van der Waals surface area contributed by atoms with Gasteiger partial charge in [-0.25, -0.2) is 0 Å². The lowest BCUT2D eigenvalue weighted by atomic mass is 10.1. The molecule has 0 radical (unpaired) electrons. The number of rotatable bonds is 7. The van der Waals surface area contributed by atoms with Gasteiger partial charge in [-0.1, -0.05) is 30.3 Å². The Labute approximate surface area is 152 Å². The predicted octanol–water partition coefficient (Wildman–Crippen LogP) is 2.88. The fraction of sp³-hybridized carbons (Fsp3) is 0.150. The third-order valence-corrected chi connectivity index (χ3v) is 3.53. The van der Waals surface area contributed by atoms with Gasteiger partial charge in [0, 0.05) is 18.3 Å². The molecule has 132 valence electrons. The van der Waals surface area contributed by atoms with Crippen LogP contribution in [0.4, 0.5) is 5.69 Å². The Bertz CT molecular complexity index is 836. The first-order valence-electron chi connectivity index (χ1n) is 7.97. The van der Waals surface area contributed by atoms with Crippen molar-refractivity contribution in [3.05, 3.63) is 65.7 Å². The van der Waals surface area contributed by atoms with E-state index < -0.39 is 0 Å². The molecule has 0 aliphatic rings. The third-order valence-electron chi connectivity index (χ3n) is 3.53. The van der Waals surface area contributed by atoms with E-state index in [4.69, 9.17) is 10.00 Å². The number of methoxy groups -OCH3 is 1. The van der Waals surface area contributed by atoms with Gasteiger partial charge in [0.05, 0.1) is 13.2 Å². The van der Waals surface area contributed by atoms with E-state index in [0.717, 1.165) is 16.9 Å². The first-order chi connectivity index (χ1) is 12.6. The summed E-state index contributed by atoms with van der Waals surface area (Å²) in [6.45, 7) is 0.259. The summed E-state index contributed by atoms with van der Waals surface area (Å²) >= 11 is 0. The Balaban J connectivity index is 1.93. The zero-order chi connectivity index (χ0) is 18.8. The number of nitrogens with zero attached hydrogens (tertiary/aromatic N) is 1. The van der Waals surface area contributed by atoms with E-state index in [2.05, 4.69) is 10.6 Å². The van der Waals surface area contributed by atoms with Gasteiger partial charge in [0.15, 0.2) is 0 Å². The van der Waals surface area contributed by atoms with E-state index in [9.17, 15) is 9.59 Å². The number of nitriles is 1. The molecule has 0 aromatic heterocycles. The molecule has 2 aromatic carbocycles. The van der Waals surface area contributed by atoms with Crippen LogP contribution in [0.5, 0.6) is 5.75 Å². The first kappa shape index (κ1) is 18.7. The van der Waals surface area contributed by atoms with Gasteiger partial charge in [0.25, 0.3) is 0 Å². The summed E-state index contributed by atoms with van der Waals surface area (Å²) in [6, 6.07) is 16.2. The predicted molar refractivity (Wildman–Crippen MR) is 99.2 cm³/mol.